The van der Waals surface area contributed by atoms with E-state index in [-0.39, 0.29) is 11.8 Å². The van der Waals surface area contributed by atoms with Crippen molar-refractivity contribution in [3.8, 4) is 0 Å². The number of rotatable bonds is 7. The van der Waals surface area contributed by atoms with Crippen LogP contribution in [0.25, 0.3) is 0 Å². The molecule has 3 aromatic rings. The molecule has 2 heterocycles. The van der Waals surface area contributed by atoms with E-state index in [1.807, 2.05) is 0 Å². The summed E-state index contributed by atoms with van der Waals surface area (Å²) in [6.45, 7) is 0.358. The molecule has 8 nitrogen and oxygen atoms in total. The monoisotopic (exact) mass is 409 g/mol. The van der Waals surface area contributed by atoms with Crippen molar-refractivity contribution in [3.63, 3.8) is 0 Å². The highest BCUT2D eigenvalue weighted by Gasteiger charge is 2.18. The molecule has 2 aromatic heterocycles. The zero-order chi connectivity index (χ0) is 20.6. The first kappa shape index (κ1) is 20.0. The maximum atomic E-state index is 12.5. The van der Waals surface area contributed by atoms with Gasteiger partial charge in [-0.1, -0.05) is 0 Å². The largest absolute Gasteiger partial charge is 0.467 e. The van der Waals surface area contributed by atoms with Gasteiger partial charge in [0.05, 0.1) is 34.6 Å². The molecular formula is C20H19N5O3S. The Morgan fingerprint density at radius 2 is 1.93 bits per heavy atom. The lowest BCUT2D eigenvalue weighted by molar-refractivity contribution is 0.0780. The van der Waals surface area contributed by atoms with Crippen LogP contribution in [0.3, 0.4) is 0 Å². The van der Waals surface area contributed by atoms with Gasteiger partial charge in [0, 0.05) is 12.7 Å². The molecule has 0 atom stereocenters. The number of amides is 2. The lowest BCUT2D eigenvalue weighted by atomic mass is 10.3. The molecule has 0 aliphatic carbocycles. The highest BCUT2D eigenvalue weighted by Crippen LogP contribution is 2.21. The van der Waals surface area contributed by atoms with E-state index in [9.17, 15) is 9.59 Å². The van der Waals surface area contributed by atoms with Gasteiger partial charge in [-0.05, 0) is 48.5 Å². The van der Waals surface area contributed by atoms with Gasteiger partial charge in [-0.3, -0.25) is 9.59 Å². The fourth-order valence-corrected chi connectivity index (χ4v) is 3.33. The van der Waals surface area contributed by atoms with E-state index in [4.69, 9.17) is 10.2 Å². The van der Waals surface area contributed by atoms with Gasteiger partial charge in [-0.2, -0.15) is 0 Å². The molecule has 0 aliphatic rings. The number of furan rings is 1. The Bertz CT molecular complexity index is 1020. The van der Waals surface area contributed by atoms with Crippen molar-refractivity contribution < 1.29 is 14.0 Å². The first-order valence-electron chi connectivity index (χ1n) is 8.62. The second-order valence-electron chi connectivity index (χ2n) is 5.95. The summed E-state index contributed by atoms with van der Waals surface area (Å²) < 4.78 is 5.26. The van der Waals surface area contributed by atoms with Crippen molar-refractivity contribution in [1.82, 2.24) is 4.90 Å². The quantitative estimate of drug-likeness (QED) is 0.459. The summed E-state index contributed by atoms with van der Waals surface area (Å²) in [6, 6.07) is 13.8. The normalized spacial score (nSPS) is 11.2. The van der Waals surface area contributed by atoms with Gasteiger partial charge in [-0.15, -0.1) is 11.3 Å². The van der Waals surface area contributed by atoms with Crippen LogP contribution in [0.5, 0.6) is 0 Å². The van der Waals surface area contributed by atoms with Crippen LogP contribution in [0.4, 0.5) is 11.4 Å². The summed E-state index contributed by atoms with van der Waals surface area (Å²) >= 11 is 1.14. The van der Waals surface area contributed by atoms with Crippen LogP contribution in [0, 0.1) is 0 Å². The lowest BCUT2D eigenvalue weighted by Crippen LogP contribution is -2.25. The van der Waals surface area contributed by atoms with Crippen LogP contribution in [-0.4, -0.2) is 36.4 Å². The van der Waals surface area contributed by atoms with Gasteiger partial charge in [0.15, 0.2) is 0 Å². The fourth-order valence-electron chi connectivity index (χ4n) is 2.43. The van der Waals surface area contributed by atoms with E-state index in [0.717, 1.165) is 17.7 Å². The molecule has 0 radical (unpaired) electrons. The Hall–Kier alpha value is -3.72. The SMILES string of the molecule is CN(Cc1ccco1)C(=O)c1ccc(C(=O)Nc2ccc(N=CN=CN)cc2)s1. The first-order valence-corrected chi connectivity index (χ1v) is 9.43. The average Bonchev–Trinajstić information content (AvgIpc) is 3.41. The number of hydrogen-bond donors (Lipinski definition) is 2. The molecule has 1 aromatic carbocycles. The number of nitrogens with one attached hydrogen (secondary N) is 1. The topological polar surface area (TPSA) is 113 Å². The van der Waals surface area contributed by atoms with Crippen molar-refractivity contribution >= 4 is 47.2 Å². The minimum Gasteiger partial charge on any atom is -0.467 e. The smallest absolute Gasteiger partial charge is 0.265 e. The zero-order valence-electron chi connectivity index (χ0n) is 15.6. The van der Waals surface area contributed by atoms with E-state index in [1.165, 1.54) is 6.34 Å². The standard InChI is InChI=1S/C20H19N5O3S/c1-25(11-16-3-2-10-28-16)20(27)18-9-8-17(29-18)19(26)24-15-6-4-14(5-7-15)23-13-22-12-21/h2-10,12-13H,11H2,1H3,(H,24,26)(H2,21,22,23). The summed E-state index contributed by atoms with van der Waals surface area (Å²) in [7, 11) is 1.69. The van der Waals surface area contributed by atoms with Gasteiger partial charge < -0.3 is 20.4 Å². The Kier molecular flexibility index (Phi) is 6.54. The second kappa shape index (κ2) is 9.47. The number of carbonyl (C=O) groups is 2. The molecule has 9 heteroatoms. The molecule has 0 unspecified atom stereocenters. The summed E-state index contributed by atoms with van der Waals surface area (Å²) in [4.78, 5) is 35.2. The number of anilines is 1. The van der Waals surface area contributed by atoms with Crippen LogP contribution >= 0.6 is 11.3 Å². The summed E-state index contributed by atoms with van der Waals surface area (Å²) in [6.07, 6.45) is 4.04. The highest BCUT2D eigenvalue weighted by molar-refractivity contribution is 7.16. The minimum absolute atomic E-state index is 0.173. The average molecular weight is 409 g/mol. The third-order valence-electron chi connectivity index (χ3n) is 3.85. The lowest BCUT2D eigenvalue weighted by Gasteiger charge is -2.14. The number of benzene rings is 1. The maximum Gasteiger partial charge on any atom is 0.265 e. The maximum absolute atomic E-state index is 12.5. The van der Waals surface area contributed by atoms with Gasteiger partial charge >= 0.3 is 0 Å². The Labute approximate surface area is 171 Å². The van der Waals surface area contributed by atoms with Crippen molar-refractivity contribution in [1.29, 1.82) is 0 Å². The van der Waals surface area contributed by atoms with Crippen LogP contribution in [-0.2, 0) is 6.54 Å². The van der Waals surface area contributed by atoms with Crippen molar-refractivity contribution in [2.24, 2.45) is 15.7 Å². The number of nitrogens with two attached hydrogens (primary N) is 1. The van der Waals surface area contributed by atoms with Crippen molar-refractivity contribution in [2.45, 2.75) is 6.54 Å². The molecule has 3 N–H and O–H groups in total. The predicted molar refractivity (Wildman–Crippen MR) is 114 cm³/mol. The highest BCUT2D eigenvalue weighted by atomic mass is 32.1. The molecule has 0 bridgehead atoms. The predicted octanol–water partition coefficient (Wildman–Crippen LogP) is 3.51. The van der Waals surface area contributed by atoms with Gasteiger partial charge in [-0.25, -0.2) is 9.98 Å². The Morgan fingerprint density at radius 3 is 2.62 bits per heavy atom. The van der Waals surface area contributed by atoms with Gasteiger partial charge in [0.25, 0.3) is 11.8 Å². The number of hydrogen-bond acceptors (Lipinski definition) is 5. The second-order valence-corrected chi connectivity index (χ2v) is 7.03. The summed E-state index contributed by atoms with van der Waals surface area (Å²) in [5.41, 5.74) is 6.43. The molecule has 0 spiro atoms. The third-order valence-corrected chi connectivity index (χ3v) is 4.92. The van der Waals surface area contributed by atoms with Gasteiger partial charge in [0.2, 0.25) is 0 Å². The minimum atomic E-state index is -0.285. The summed E-state index contributed by atoms with van der Waals surface area (Å²) in [5, 5.41) is 2.80. The molecule has 3 rings (SSSR count). The molecular weight excluding hydrogens is 390 g/mol. The van der Waals surface area contributed by atoms with E-state index < -0.39 is 0 Å². The van der Waals surface area contributed by atoms with Crippen LogP contribution < -0.4 is 11.1 Å². The Balaban J connectivity index is 1.60. The van der Waals surface area contributed by atoms with Crippen molar-refractivity contribution in [3.05, 3.63) is 70.3 Å². The fraction of sp³-hybridized carbons (Fsp3) is 0.100. The molecule has 0 saturated heterocycles. The van der Waals surface area contributed by atoms with E-state index in [1.54, 1.807) is 66.7 Å². The van der Waals surface area contributed by atoms with Crippen molar-refractivity contribution in [2.75, 3.05) is 12.4 Å². The molecule has 0 aliphatic heterocycles. The number of nitrogens with zero attached hydrogens (tertiary/aromatic N) is 3. The molecule has 148 valence electrons. The molecule has 29 heavy (non-hydrogen) atoms. The van der Waals surface area contributed by atoms with E-state index >= 15 is 0 Å². The molecule has 0 saturated carbocycles. The third kappa shape index (κ3) is 5.39. The van der Waals surface area contributed by atoms with Gasteiger partial charge in [0.1, 0.15) is 12.1 Å². The van der Waals surface area contributed by atoms with Crippen LogP contribution in [0.2, 0.25) is 0 Å². The zero-order valence-corrected chi connectivity index (χ0v) is 16.4. The molecule has 2 amide bonds. The van der Waals surface area contributed by atoms with E-state index in [0.29, 0.717) is 33.4 Å². The number of carbonyl (C=O) groups excluding carboxylic acids is 2. The van der Waals surface area contributed by atoms with E-state index in [2.05, 4.69) is 15.3 Å². The first-order chi connectivity index (χ1) is 14.1. The van der Waals surface area contributed by atoms with Crippen LogP contribution in [0.15, 0.2) is 69.2 Å². The Morgan fingerprint density at radius 1 is 1.17 bits per heavy atom. The molecule has 0 fully saturated rings. The number of thiophene rings is 1. The number of aliphatic imine (C=N–C) groups is 2. The summed E-state index contributed by atoms with van der Waals surface area (Å²) in [5.74, 6) is 0.234. The van der Waals surface area contributed by atoms with Crippen LogP contribution in [0.1, 0.15) is 25.1 Å².